The molecule has 0 N–H and O–H groups in total. The van der Waals surface area contributed by atoms with E-state index in [1.54, 1.807) is 0 Å². The topological polar surface area (TPSA) is 6.48 Å². The van der Waals surface area contributed by atoms with Crippen LogP contribution in [0.4, 0.5) is 0 Å². The van der Waals surface area contributed by atoms with Crippen LogP contribution in [0.5, 0.6) is 0 Å². The van der Waals surface area contributed by atoms with Crippen molar-refractivity contribution in [3.63, 3.8) is 0 Å². The van der Waals surface area contributed by atoms with Gasteiger partial charge in [-0.05, 0) is 37.8 Å². The maximum atomic E-state index is 2.73. The lowest BCUT2D eigenvalue weighted by atomic mass is 9.77. The predicted octanol–water partition coefficient (Wildman–Crippen LogP) is 11.5. The highest BCUT2D eigenvalue weighted by molar-refractivity contribution is 5.30. The lowest BCUT2D eigenvalue weighted by Gasteiger charge is -2.53. The van der Waals surface area contributed by atoms with Crippen molar-refractivity contribution in [1.29, 1.82) is 0 Å². The Morgan fingerprint density at radius 1 is 0.585 bits per heavy atom. The van der Waals surface area contributed by atoms with Crippen molar-refractivity contribution in [3.8, 4) is 0 Å². The predicted molar refractivity (Wildman–Crippen MR) is 180 cm³/mol. The molecule has 228 valence electrons. The van der Waals surface area contributed by atoms with Crippen molar-refractivity contribution >= 4 is 0 Å². The van der Waals surface area contributed by atoms with E-state index < -0.39 is 0 Å². The van der Waals surface area contributed by atoms with E-state index in [1.165, 1.54) is 107 Å². The van der Waals surface area contributed by atoms with Gasteiger partial charge in [0.1, 0.15) is 5.66 Å². The van der Waals surface area contributed by atoms with Gasteiger partial charge in [-0.2, -0.15) is 0 Å². The summed E-state index contributed by atoms with van der Waals surface area (Å²) in [5, 5.41) is 0. The first kappa shape index (κ1) is 33.3. The van der Waals surface area contributed by atoms with E-state index in [0.717, 1.165) is 19.4 Å². The van der Waals surface area contributed by atoms with Crippen molar-refractivity contribution in [2.45, 2.75) is 154 Å². The monoisotopic (exact) mass is 558 g/mol. The molecule has 2 aromatic rings. The molecule has 2 aromatic carbocycles. The van der Waals surface area contributed by atoms with Crippen LogP contribution >= 0.6 is 0 Å². The van der Waals surface area contributed by atoms with Crippen molar-refractivity contribution in [2.75, 3.05) is 6.54 Å². The van der Waals surface area contributed by atoms with E-state index in [9.17, 15) is 0 Å². The normalized spacial score (nSPS) is 17.6. The van der Waals surface area contributed by atoms with Crippen LogP contribution in [0.2, 0.25) is 0 Å². The van der Waals surface area contributed by atoms with E-state index in [-0.39, 0.29) is 5.66 Å². The lowest BCUT2D eigenvalue weighted by Crippen LogP contribution is -2.60. The zero-order valence-corrected chi connectivity index (χ0v) is 27.2. The SMILES string of the molecule is CCCCCCCCCCCCCCCCCN1C=CN(C(C)C)C1(Cc1ccccc1)C(CC)c1ccccc1. The molecule has 2 unspecified atom stereocenters. The summed E-state index contributed by atoms with van der Waals surface area (Å²) in [4.78, 5) is 5.40. The smallest absolute Gasteiger partial charge is 0.123 e. The largest absolute Gasteiger partial charge is 0.353 e. The van der Waals surface area contributed by atoms with Crippen molar-refractivity contribution in [2.24, 2.45) is 0 Å². The Morgan fingerprint density at radius 3 is 1.56 bits per heavy atom. The van der Waals surface area contributed by atoms with Gasteiger partial charge in [0.2, 0.25) is 0 Å². The van der Waals surface area contributed by atoms with Gasteiger partial charge in [0, 0.05) is 37.3 Å². The summed E-state index contributed by atoms with van der Waals surface area (Å²) < 4.78 is 0. The molecule has 2 atom stereocenters. The number of hydrogen-bond donors (Lipinski definition) is 0. The molecular formula is C39H62N2. The second-order valence-electron chi connectivity index (χ2n) is 12.9. The van der Waals surface area contributed by atoms with Crippen LogP contribution in [0, 0.1) is 0 Å². The Morgan fingerprint density at radius 2 is 1.07 bits per heavy atom. The Kier molecular flexibility index (Phi) is 15.5. The second kappa shape index (κ2) is 19.1. The summed E-state index contributed by atoms with van der Waals surface area (Å²) >= 11 is 0. The molecule has 3 rings (SSSR count). The van der Waals surface area contributed by atoms with Gasteiger partial charge in [-0.25, -0.2) is 0 Å². The molecule has 0 saturated heterocycles. The third-order valence-corrected chi connectivity index (χ3v) is 9.39. The molecule has 1 aliphatic heterocycles. The zero-order valence-electron chi connectivity index (χ0n) is 27.2. The summed E-state index contributed by atoms with van der Waals surface area (Å²) in [6, 6.07) is 22.9. The molecule has 41 heavy (non-hydrogen) atoms. The van der Waals surface area contributed by atoms with E-state index in [0.29, 0.717) is 12.0 Å². The van der Waals surface area contributed by atoms with Crippen molar-refractivity contribution < 1.29 is 0 Å². The fourth-order valence-electron chi connectivity index (χ4n) is 7.21. The number of hydrogen-bond acceptors (Lipinski definition) is 2. The molecule has 0 aliphatic carbocycles. The van der Waals surface area contributed by atoms with Crippen LogP contribution in [0.15, 0.2) is 73.1 Å². The Balaban J connectivity index is 1.51. The molecule has 2 nitrogen and oxygen atoms in total. The number of benzene rings is 2. The zero-order chi connectivity index (χ0) is 29.2. The van der Waals surface area contributed by atoms with Gasteiger partial charge in [0.05, 0.1) is 0 Å². The molecule has 0 fully saturated rings. The fraction of sp³-hybridized carbons (Fsp3) is 0.641. The van der Waals surface area contributed by atoms with Crippen LogP contribution in [-0.4, -0.2) is 28.0 Å². The maximum Gasteiger partial charge on any atom is 0.123 e. The summed E-state index contributed by atoms with van der Waals surface area (Å²) in [5.41, 5.74) is 2.81. The van der Waals surface area contributed by atoms with Gasteiger partial charge >= 0.3 is 0 Å². The molecule has 0 radical (unpaired) electrons. The van der Waals surface area contributed by atoms with Crippen molar-refractivity contribution in [1.82, 2.24) is 9.80 Å². The molecule has 0 aromatic heterocycles. The second-order valence-corrected chi connectivity index (χ2v) is 12.9. The standard InChI is InChI=1S/C39H62N2/c1-5-7-8-9-10-11-12-13-14-15-16-17-18-19-26-31-40-32-33-41(35(3)4)39(40,34-36-27-22-20-23-28-36)38(6-2)37-29-24-21-25-30-37/h20-25,27-30,32-33,35,38H,5-19,26,31,34H2,1-4H3. The van der Waals surface area contributed by atoms with Gasteiger partial charge in [-0.1, -0.05) is 164 Å². The molecule has 0 spiro atoms. The van der Waals surface area contributed by atoms with E-state index >= 15 is 0 Å². The van der Waals surface area contributed by atoms with Gasteiger partial charge < -0.3 is 9.80 Å². The number of nitrogens with zero attached hydrogens (tertiary/aromatic N) is 2. The third-order valence-electron chi connectivity index (χ3n) is 9.39. The summed E-state index contributed by atoms with van der Waals surface area (Å²) in [6.07, 6.45) is 28.2. The Bertz CT molecular complexity index is 937. The number of rotatable bonds is 22. The first-order chi connectivity index (χ1) is 20.1. The quantitative estimate of drug-likeness (QED) is 0.133. The molecule has 0 saturated carbocycles. The molecule has 0 bridgehead atoms. The van der Waals surface area contributed by atoms with Crippen LogP contribution in [0.3, 0.4) is 0 Å². The number of unbranched alkanes of at least 4 members (excludes halogenated alkanes) is 14. The van der Waals surface area contributed by atoms with Gasteiger partial charge in [-0.15, -0.1) is 0 Å². The van der Waals surface area contributed by atoms with Gasteiger partial charge in [0.15, 0.2) is 0 Å². The van der Waals surface area contributed by atoms with Crippen LogP contribution in [0.25, 0.3) is 0 Å². The van der Waals surface area contributed by atoms with E-state index in [1.807, 2.05) is 0 Å². The van der Waals surface area contributed by atoms with Crippen LogP contribution in [-0.2, 0) is 6.42 Å². The average Bonchev–Trinajstić information content (AvgIpc) is 3.34. The molecule has 0 amide bonds. The Hall–Kier alpha value is -2.22. The summed E-state index contributed by atoms with van der Waals surface area (Å²) in [7, 11) is 0. The maximum absolute atomic E-state index is 2.73. The minimum Gasteiger partial charge on any atom is -0.353 e. The average molecular weight is 559 g/mol. The highest BCUT2D eigenvalue weighted by Crippen LogP contribution is 2.46. The lowest BCUT2D eigenvalue weighted by molar-refractivity contribution is -0.0191. The molecular weight excluding hydrogens is 496 g/mol. The van der Waals surface area contributed by atoms with E-state index in [4.69, 9.17) is 0 Å². The third kappa shape index (κ3) is 10.2. The molecule has 1 aliphatic rings. The Labute approximate surface area is 254 Å². The van der Waals surface area contributed by atoms with Gasteiger partial charge in [0.25, 0.3) is 0 Å². The molecule has 2 heteroatoms. The van der Waals surface area contributed by atoms with Crippen LogP contribution < -0.4 is 0 Å². The van der Waals surface area contributed by atoms with Crippen LogP contribution in [0.1, 0.15) is 147 Å². The van der Waals surface area contributed by atoms with Crippen molar-refractivity contribution in [3.05, 3.63) is 84.2 Å². The first-order valence-corrected chi connectivity index (χ1v) is 17.5. The minimum absolute atomic E-state index is 0.0817. The summed E-state index contributed by atoms with van der Waals surface area (Å²) in [5.74, 6) is 0.428. The molecule has 1 heterocycles. The summed E-state index contributed by atoms with van der Waals surface area (Å²) in [6.45, 7) is 10.5. The highest BCUT2D eigenvalue weighted by Gasteiger charge is 2.50. The highest BCUT2D eigenvalue weighted by atomic mass is 15.4. The first-order valence-electron chi connectivity index (χ1n) is 17.5. The van der Waals surface area contributed by atoms with Gasteiger partial charge in [-0.3, -0.25) is 0 Å². The van der Waals surface area contributed by atoms with E-state index in [2.05, 4.69) is 111 Å². The fourth-order valence-corrected chi connectivity index (χ4v) is 7.21. The minimum atomic E-state index is -0.0817.